The molecule has 4 heteroatoms. The van der Waals surface area contributed by atoms with Crippen molar-refractivity contribution in [3.8, 4) is 0 Å². The number of hydrogen-bond donors (Lipinski definition) is 2. The van der Waals surface area contributed by atoms with Crippen LogP contribution < -0.4 is 10.6 Å². The summed E-state index contributed by atoms with van der Waals surface area (Å²) >= 11 is 0. The Labute approximate surface area is 121 Å². The van der Waals surface area contributed by atoms with Gasteiger partial charge in [-0.3, -0.25) is 4.79 Å². The summed E-state index contributed by atoms with van der Waals surface area (Å²) in [6, 6.07) is 8.68. The highest BCUT2D eigenvalue weighted by Crippen LogP contribution is 2.13. The minimum absolute atomic E-state index is 0.0260. The third-order valence-corrected chi connectivity index (χ3v) is 3.30. The molecule has 0 spiro atoms. The molecule has 0 heterocycles. The Morgan fingerprint density at radius 2 is 2.00 bits per heavy atom. The van der Waals surface area contributed by atoms with E-state index < -0.39 is 0 Å². The van der Waals surface area contributed by atoms with E-state index in [1.54, 1.807) is 7.11 Å². The molecule has 1 rings (SSSR count). The Bertz CT molecular complexity index is 390. The summed E-state index contributed by atoms with van der Waals surface area (Å²) in [6.45, 7) is 5.88. The van der Waals surface area contributed by atoms with Crippen molar-refractivity contribution in [1.29, 1.82) is 0 Å². The van der Waals surface area contributed by atoms with Crippen LogP contribution in [-0.2, 0) is 16.0 Å². The van der Waals surface area contributed by atoms with Crippen molar-refractivity contribution in [2.45, 2.75) is 32.7 Å². The van der Waals surface area contributed by atoms with E-state index in [0.29, 0.717) is 19.7 Å². The van der Waals surface area contributed by atoms with Crippen LogP contribution in [0.15, 0.2) is 24.3 Å². The second kappa shape index (κ2) is 9.50. The zero-order valence-electron chi connectivity index (χ0n) is 12.7. The van der Waals surface area contributed by atoms with Crippen LogP contribution in [0.2, 0.25) is 0 Å². The Morgan fingerprint density at radius 1 is 1.30 bits per heavy atom. The molecule has 0 radical (unpaired) electrons. The smallest absolute Gasteiger partial charge is 0.233 e. The van der Waals surface area contributed by atoms with Gasteiger partial charge >= 0.3 is 0 Å². The van der Waals surface area contributed by atoms with Gasteiger partial charge in [0.05, 0.1) is 6.54 Å². The van der Waals surface area contributed by atoms with Gasteiger partial charge in [0.25, 0.3) is 0 Å². The van der Waals surface area contributed by atoms with Crippen molar-refractivity contribution in [3.63, 3.8) is 0 Å². The van der Waals surface area contributed by atoms with Crippen LogP contribution in [0.1, 0.15) is 37.4 Å². The van der Waals surface area contributed by atoms with Crippen LogP contribution in [-0.4, -0.2) is 32.7 Å². The molecular formula is C16H26N2O2. The number of rotatable bonds is 9. The largest absolute Gasteiger partial charge is 0.385 e. The summed E-state index contributed by atoms with van der Waals surface area (Å²) in [7, 11) is 1.66. The summed E-state index contributed by atoms with van der Waals surface area (Å²) in [6.07, 6.45) is 1.89. The number of hydrogen-bond acceptors (Lipinski definition) is 3. The molecule has 20 heavy (non-hydrogen) atoms. The first-order chi connectivity index (χ1) is 9.67. The number of amides is 1. The van der Waals surface area contributed by atoms with Crippen molar-refractivity contribution >= 4 is 5.91 Å². The first kappa shape index (κ1) is 16.7. The summed E-state index contributed by atoms with van der Waals surface area (Å²) in [5, 5.41) is 6.09. The topological polar surface area (TPSA) is 50.4 Å². The molecule has 0 aromatic heterocycles. The Kier molecular flexibility index (Phi) is 7.92. The van der Waals surface area contributed by atoms with Gasteiger partial charge in [-0.25, -0.2) is 0 Å². The highest BCUT2D eigenvalue weighted by molar-refractivity contribution is 5.77. The SMILES string of the molecule is CCc1ccc(C(C)NCC(=O)NCCCOC)cc1. The molecule has 1 amide bonds. The maximum atomic E-state index is 11.6. The average Bonchev–Trinajstić information content (AvgIpc) is 2.49. The molecule has 0 saturated heterocycles. The molecule has 1 atom stereocenters. The van der Waals surface area contributed by atoms with Gasteiger partial charge in [0.1, 0.15) is 0 Å². The lowest BCUT2D eigenvalue weighted by Gasteiger charge is -2.14. The first-order valence-electron chi connectivity index (χ1n) is 7.25. The van der Waals surface area contributed by atoms with Crippen molar-refractivity contribution < 1.29 is 9.53 Å². The molecule has 0 aliphatic carbocycles. The Balaban J connectivity index is 2.27. The molecule has 1 aromatic rings. The van der Waals surface area contributed by atoms with Crippen LogP contribution in [0.3, 0.4) is 0 Å². The van der Waals surface area contributed by atoms with Gasteiger partial charge in [0, 0.05) is 26.3 Å². The van der Waals surface area contributed by atoms with Crippen LogP contribution in [0.5, 0.6) is 0 Å². The van der Waals surface area contributed by atoms with Gasteiger partial charge in [0.15, 0.2) is 0 Å². The molecule has 0 aliphatic rings. The molecular weight excluding hydrogens is 252 g/mol. The molecule has 2 N–H and O–H groups in total. The Hall–Kier alpha value is -1.39. The fraction of sp³-hybridized carbons (Fsp3) is 0.562. The number of carbonyl (C=O) groups is 1. The lowest BCUT2D eigenvalue weighted by molar-refractivity contribution is -0.120. The fourth-order valence-electron chi connectivity index (χ4n) is 1.91. The van der Waals surface area contributed by atoms with E-state index in [1.165, 1.54) is 11.1 Å². The number of carbonyl (C=O) groups excluding carboxylic acids is 1. The van der Waals surface area contributed by atoms with Crippen molar-refractivity contribution in [2.75, 3.05) is 26.8 Å². The molecule has 112 valence electrons. The first-order valence-corrected chi connectivity index (χ1v) is 7.25. The van der Waals surface area contributed by atoms with Gasteiger partial charge in [-0.05, 0) is 30.9 Å². The number of aryl methyl sites for hydroxylation is 1. The van der Waals surface area contributed by atoms with E-state index in [4.69, 9.17) is 4.74 Å². The van der Waals surface area contributed by atoms with Crippen LogP contribution >= 0.6 is 0 Å². The van der Waals surface area contributed by atoms with Gasteiger partial charge in [-0.2, -0.15) is 0 Å². The van der Waals surface area contributed by atoms with Crippen LogP contribution in [0, 0.1) is 0 Å². The molecule has 1 aromatic carbocycles. The molecule has 0 bridgehead atoms. The number of ether oxygens (including phenoxy) is 1. The normalized spacial score (nSPS) is 12.2. The van der Waals surface area contributed by atoms with E-state index >= 15 is 0 Å². The predicted molar refractivity (Wildman–Crippen MR) is 81.7 cm³/mol. The van der Waals surface area contributed by atoms with Crippen molar-refractivity contribution in [2.24, 2.45) is 0 Å². The van der Waals surface area contributed by atoms with E-state index in [0.717, 1.165) is 12.8 Å². The monoisotopic (exact) mass is 278 g/mol. The maximum absolute atomic E-state index is 11.6. The highest BCUT2D eigenvalue weighted by Gasteiger charge is 2.07. The maximum Gasteiger partial charge on any atom is 0.233 e. The quantitative estimate of drug-likeness (QED) is 0.680. The number of nitrogens with one attached hydrogen (secondary N) is 2. The molecule has 1 unspecified atom stereocenters. The minimum atomic E-state index is 0.0260. The lowest BCUT2D eigenvalue weighted by Crippen LogP contribution is -2.35. The second-order valence-corrected chi connectivity index (χ2v) is 4.89. The molecule has 0 aliphatic heterocycles. The van der Waals surface area contributed by atoms with Gasteiger partial charge in [0.2, 0.25) is 5.91 Å². The molecule has 0 fully saturated rings. The van der Waals surface area contributed by atoms with Gasteiger partial charge < -0.3 is 15.4 Å². The highest BCUT2D eigenvalue weighted by atomic mass is 16.5. The number of methoxy groups -OCH3 is 1. The van der Waals surface area contributed by atoms with E-state index in [9.17, 15) is 4.79 Å². The van der Waals surface area contributed by atoms with E-state index in [1.807, 2.05) is 0 Å². The summed E-state index contributed by atoms with van der Waals surface area (Å²) in [4.78, 5) is 11.6. The average molecular weight is 278 g/mol. The standard InChI is InChI=1S/C16H26N2O2/c1-4-14-6-8-15(9-7-14)13(2)18-12-16(19)17-10-5-11-20-3/h6-9,13,18H,4-5,10-12H2,1-3H3,(H,17,19). The zero-order chi connectivity index (χ0) is 14.8. The number of benzene rings is 1. The van der Waals surface area contributed by atoms with E-state index in [2.05, 4.69) is 48.7 Å². The summed E-state index contributed by atoms with van der Waals surface area (Å²) in [5.41, 5.74) is 2.53. The lowest BCUT2D eigenvalue weighted by atomic mass is 10.1. The second-order valence-electron chi connectivity index (χ2n) is 4.89. The van der Waals surface area contributed by atoms with E-state index in [-0.39, 0.29) is 11.9 Å². The molecule has 4 nitrogen and oxygen atoms in total. The minimum Gasteiger partial charge on any atom is -0.385 e. The molecule has 0 saturated carbocycles. The van der Waals surface area contributed by atoms with Crippen molar-refractivity contribution in [1.82, 2.24) is 10.6 Å². The van der Waals surface area contributed by atoms with Gasteiger partial charge in [-0.1, -0.05) is 31.2 Å². The third-order valence-electron chi connectivity index (χ3n) is 3.30. The van der Waals surface area contributed by atoms with Crippen LogP contribution in [0.25, 0.3) is 0 Å². The van der Waals surface area contributed by atoms with Gasteiger partial charge in [-0.15, -0.1) is 0 Å². The zero-order valence-corrected chi connectivity index (χ0v) is 12.7. The third kappa shape index (κ3) is 6.17. The van der Waals surface area contributed by atoms with Crippen molar-refractivity contribution in [3.05, 3.63) is 35.4 Å². The van der Waals surface area contributed by atoms with Crippen LogP contribution in [0.4, 0.5) is 0 Å². The predicted octanol–water partition coefficient (Wildman–Crippen LogP) is 2.05. The fourth-order valence-corrected chi connectivity index (χ4v) is 1.91. The summed E-state index contributed by atoms with van der Waals surface area (Å²) in [5.74, 6) is 0.0260. The summed E-state index contributed by atoms with van der Waals surface area (Å²) < 4.78 is 4.93. The Morgan fingerprint density at radius 3 is 2.60 bits per heavy atom.